The summed E-state index contributed by atoms with van der Waals surface area (Å²) < 4.78 is 5.20. The summed E-state index contributed by atoms with van der Waals surface area (Å²) in [6, 6.07) is 4.39. The molecule has 1 rings (SSSR count). The minimum Gasteiger partial charge on any atom is -0.481 e. The van der Waals surface area contributed by atoms with Crippen LogP contribution in [0, 0.1) is 5.92 Å². The van der Waals surface area contributed by atoms with Gasteiger partial charge in [-0.1, -0.05) is 31.5 Å². The van der Waals surface area contributed by atoms with Gasteiger partial charge in [-0.3, -0.25) is 4.79 Å². The molecular weight excluding hydrogens is 270 g/mol. The molecule has 1 aromatic carbocycles. The van der Waals surface area contributed by atoms with Gasteiger partial charge in [0.1, 0.15) is 5.56 Å². The Bertz CT molecular complexity index is 474. The van der Waals surface area contributed by atoms with Crippen molar-refractivity contribution in [2.24, 2.45) is 5.92 Å². The molecule has 2 N–H and O–H groups in total. The number of rotatable bonds is 6. The first kappa shape index (κ1) is 15.3. The van der Waals surface area contributed by atoms with Crippen molar-refractivity contribution in [2.45, 2.75) is 13.8 Å². The highest BCUT2D eigenvalue weighted by molar-refractivity contribution is 6.32. The number of amides is 1. The molecule has 0 unspecified atom stereocenters. The van der Waals surface area contributed by atoms with E-state index < -0.39 is 5.97 Å². The molecule has 5 nitrogen and oxygen atoms in total. The van der Waals surface area contributed by atoms with Gasteiger partial charge in [0.25, 0.3) is 5.91 Å². The molecular formula is C13H16ClNO4. The van der Waals surface area contributed by atoms with Crippen LogP contribution in [-0.2, 0) is 4.79 Å². The summed E-state index contributed by atoms with van der Waals surface area (Å²) in [5.41, 5.74) is -0.0656. The van der Waals surface area contributed by atoms with Gasteiger partial charge in [-0.15, -0.1) is 0 Å². The molecule has 1 amide bonds. The van der Waals surface area contributed by atoms with Crippen LogP contribution in [0.25, 0.3) is 0 Å². The molecule has 0 aliphatic heterocycles. The van der Waals surface area contributed by atoms with Crippen LogP contribution in [-0.4, -0.2) is 30.1 Å². The van der Waals surface area contributed by atoms with E-state index in [9.17, 15) is 9.59 Å². The van der Waals surface area contributed by atoms with Crippen LogP contribution in [0.15, 0.2) is 18.2 Å². The second-order valence-corrected chi connectivity index (χ2v) is 4.82. The summed E-state index contributed by atoms with van der Waals surface area (Å²) in [5, 5.41) is 11.8. The van der Waals surface area contributed by atoms with E-state index in [0.29, 0.717) is 12.5 Å². The second kappa shape index (κ2) is 6.99. The Hall–Kier alpha value is -1.75. The zero-order valence-electron chi connectivity index (χ0n) is 10.8. The third kappa shape index (κ3) is 4.79. The van der Waals surface area contributed by atoms with E-state index in [-0.39, 0.29) is 28.8 Å². The first-order valence-corrected chi connectivity index (χ1v) is 6.21. The molecule has 104 valence electrons. The van der Waals surface area contributed by atoms with Crippen molar-refractivity contribution in [2.75, 3.05) is 13.2 Å². The van der Waals surface area contributed by atoms with Crippen molar-refractivity contribution < 1.29 is 19.4 Å². The lowest BCUT2D eigenvalue weighted by molar-refractivity contribution is -0.123. The summed E-state index contributed by atoms with van der Waals surface area (Å²) in [4.78, 5) is 22.5. The maximum atomic E-state index is 11.5. The summed E-state index contributed by atoms with van der Waals surface area (Å²) in [6.45, 7) is 4.21. The van der Waals surface area contributed by atoms with E-state index >= 15 is 0 Å². The molecule has 1 aromatic rings. The molecule has 19 heavy (non-hydrogen) atoms. The third-order valence-corrected chi connectivity index (χ3v) is 2.55. The van der Waals surface area contributed by atoms with Crippen molar-refractivity contribution in [3.8, 4) is 5.75 Å². The fraction of sp³-hybridized carbons (Fsp3) is 0.385. The second-order valence-electron chi connectivity index (χ2n) is 4.41. The number of carboxylic acid groups (broad SMARTS) is 1. The topological polar surface area (TPSA) is 75.6 Å². The van der Waals surface area contributed by atoms with Crippen LogP contribution < -0.4 is 10.1 Å². The molecule has 0 fully saturated rings. The molecule has 0 radical (unpaired) electrons. The highest BCUT2D eigenvalue weighted by Gasteiger charge is 2.15. The number of carbonyl (C=O) groups excluding carboxylic acids is 1. The molecule has 6 heteroatoms. The quantitative estimate of drug-likeness (QED) is 0.840. The predicted molar refractivity (Wildman–Crippen MR) is 71.8 cm³/mol. The average Bonchev–Trinajstić information content (AvgIpc) is 2.34. The number of nitrogens with one attached hydrogen (secondary N) is 1. The maximum Gasteiger partial charge on any atom is 0.339 e. The standard InChI is InChI=1S/C13H16ClNO4/c1-8(2)6-15-11(16)7-19-12-9(13(17)18)4-3-5-10(12)14/h3-5,8H,6-7H2,1-2H3,(H,15,16)(H,17,18). The summed E-state index contributed by atoms with van der Waals surface area (Å²) in [6.07, 6.45) is 0. The predicted octanol–water partition coefficient (Wildman–Crippen LogP) is 2.19. The maximum absolute atomic E-state index is 11.5. The largest absolute Gasteiger partial charge is 0.481 e. The van der Waals surface area contributed by atoms with Crippen molar-refractivity contribution in [3.05, 3.63) is 28.8 Å². The van der Waals surface area contributed by atoms with Gasteiger partial charge in [-0.05, 0) is 18.1 Å². The van der Waals surface area contributed by atoms with E-state index in [1.807, 2.05) is 13.8 Å². The number of hydrogen-bond acceptors (Lipinski definition) is 3. The van der Waals surface area contributed by atoms with Gasteiger partial charge in [-0.2, -0.15) is 0 Å². The first-order valence-electron chi connectivity index (χ1n) is 5.83. The fourth-order valence-corrected chi connectivity index (χ4v) is 1.56. The Morgan fingerprint density at radius 1 is 1.42 bits per heavy atom. The molecule has 0 saturated carbocycles. The van der Waals surface area contributed by atoms with Gasteiger partial charge in [0.15, 0.2) is 12.4 Å². The smallest absolute Gasteiger partial charge is 0.339 e. The number of halogens is 1. The van der Waals surface area contributed by atoms with Crippen LogP contribution in [0.1, 0.15) is 24.2 Å². The fourth-order valence-electron chi connectivity index (χ4n) is 1.33. The first-order chi connectivity index (χ1) is 8.91. The van der Waals surface area contributed by atoms with Crippen LogP contribution in [0.3, 0.4) is 0 Å². The normalized spacial score (nSPS) is 10.3. The number of carboxylic acids is 1. The van der Waals surface area contributed by atoms with Crippen LogP contribution >= 0.6 is 11.6 Å². The summed E-state index contributed by atoms with van der Waals surface area (Å²) in [5.74, 6) is -1.12. The Balaban J connectivity index is 2.67. The number of aromatic carboxylic acids is 1. The number of hydrogen-bond donors (Lipinski definition) is 2. The van der Waals surface area contributed by atoms with Gasteiger partial charge < -0.3 is 15.2 Å². The van der Waals surface area contributed by atoms with Crippen molar-refractivity contribution in [1.29, 1.82) is 0 Å². The lowest BCUT2D eigenvalue weighted by Crippen LogP contribution is -2.32. The van der Waals surface area contributed by atoms with Gasteiger partial charge in [0, 0.05) is 6.54 Å². The van der Waals surface area contributed by atoms with Crippen molar-refractivity contribution in [3.63, 3.8) is 0 Å². The van der Waals surface area contributed by atoms with E-state index in [4.69, 9.17) is 21.4 Å². The molecule has 0 bridgehead atoms. The molecule has 0 spiro atoms. The number of para-hydroxylation sites is 1. The highest BCUT2D eigenvalue weighted by Crippen LogP contribution is 2.28. The molecule has 0 heterocycles. The SMILES string of the molecule is CC(C)CNC(=O)COc1c(Cl)cccc1C(=O)O. The van der Waals surface area contributed by atoms with Crippen LogP contribution in [0.2, 0.25) is 5.02 Å². The summed E-state index contributed by atoms with van der Waals surface area (Å²) in [7, 11) is 0. The van der Waals surface area contributed by atoms with Crippen molar-refractivity contribution in [1.82, 2.24) is 5.32 Å². The zero-order valence-corrected chi connectivity index (χ0v) is 11.5. The monoisotopic (exact) mass is 285 g/mol. The van der Waals surface area contributed by atoms with Crippen molar-refractivity contribution >= 4 is 23.5 Å². The molecule has 0 atom stereocenters. The van der Waals surface area contributed by atoms with Crippen LogP contribution in [0.4, 0.5) is 0 Å². The molecule has 0 aromatic heterocycles. The van der Waals surface area contributed by atoms with Gasteiger partial charge in [-0.25, -0.2) is 4.79 Å². The Morgan fingerprint density at radius 2 is 2.11 bits per heavy atom. The Morgan fingerprint density at radius 3 is 2.68 bits per heavy atom. The number of benzene rings is 1. The average molecular weight is 286 g/mol. The lowest BCUT2D eigenvalue weighted by Gasteiger charge is -2.11. The third-order valence-electron chi connectivity index (χ3n) is 2.25. The van der Waals surface area contributed by atoms with Gasteiger partial charge in [0.05, 0.1) is 5.02 Å². The van der Waals surface area contributed by atoms with E-state index in [1.54, 1.807) is 0 Å². The highest BCUT2D eigenvalue weighted by atomic mass is 35.5. The van der Waals surface area contributed by atoms with E-state index in [2.05, 4.69) is 5.32 Å². The van der Waals surface area contributed by atoms with Gasteiger partial charge in [0.2, 0.25) is 0 Å². The Labute approximate surface area is 116 Å². The summed E-state index contributed by atoms with van der Waals surface area (Å²) >= 11 is 5.86. The van der Waals surface area contributed by atoms with E-state index in [1.165, 1.54) is 18.2 Å². The lowest BCUT2D eigenvalue weighted by atomic mass is 10.2. The van der Waals surface area contributed by atoms with Crippen LogP contribution in [0.5, 0.6) is 5.75 Å². The van der Waals surface area contributed by atoms with Gasteiger partial charge >= 0.3 is 5.97 Å². The molecule has 0 saturated heterocycles. The minimum atomic E-state index is -1.15. The Kier molecular flexibility index (Phi) is 5.63. The number of carbonyl (C=O) groups is 2. The molecule has 0 aliphatic carbocycles. The zero-order chi connectivity index (χ0) is 14.4. The van der Waals surface area contributed by atoms with E-state index in [0.717, 1.165) is 0 Å². The minimum absolute atomic E-state index is 0.0105. The molecule has 0 aliphatic rings. The number of ether oxygens (including phenoxy) is 1.